The SMILES string of the molecule is CCC(=O)N1CCc2[nH]c3ccc(-c4cnc(N)c(O[C@H](C)c5c(Cl)ccc(F)c5Cl)c4)cc3c2C1. The molecule has 1 amide bonds. The van der Waals surface area contributed by atoms with Crippen LogP contribution in [0.25, 0.3) is 22.0 Å². The molecule has 5 rings (SSSR count). The van der Waals surface area contributed by atoms with Gasteiger partial charge in [-0.15, -0.1) is 0 Å². The first kappa shape index (κ1) is 24.4. The highest BCUT2D eigenvalue weighted by Crippen LogP contribution is 2.38. The zero-order valence-electron chi connectivity index (χ0n) is 19.9. The van der Waals surface area contributed by atoms with Crippen LogP contribution in [0.15, 0.2) is 42.6 Å². The lowest BCUT2D eigenvalue weighted by Gasteiger charge is -2.27. The number of ether oxygens (including phenoxy) is 1. The number of pyridine rings is 1. The van der Waals surface area contributed by atoms with Gasteiger partial charge in [0.25, 0.3) is 0 Å². The molecule has 1 atom stereocenters. The summed E-state index contributed by atoms with van der Waals surface area (Å²) in [5.41, 5.74) is 11.5. The van der Waals surface area contributed by atoms with Crippen LogP contribution in [-0.4, -0.2) is 27.3 Å². The van der Waals surface area contributed by atoms with E-state index < -0.39 is 11.9 Å². The number of carbonyl (C=O) groups excluding carboxylic acids is 1. The molecule has 186 valence electrons. The maximum absolute atomic E-state index is 14.0. The second kappa shape index (κ2) is 9.64. The molecule has 0 spiro atoms. The number of H-pyrrole nitrogens is 1. The Morgan fingerprint density at radius 3 is 2.83 bits per heavy atom. The summed E-state index contributed by atoms with van der Waals surface area (Å²) in [6.45, 7) is 4.92. The zero-order chi connectivity index (χ0) is 25.6. The van der Waals surface area contributed by atoms with Gasteiger partial charge >= 0.3 is 0 Å². The summed E-state index contributed by atoms with van der Waals surface area (Å²) < 4.78 is 20.1. The van der Waals surface area contributed by atoms with Crippen LogP contribution in [0.1, 0.15) is 43.2 Å². The van der Waals surface area contributed by atoms with Gasteiger partial charge < -0.3 is 20.4 Å². The van der Waals surface area contributed by atoms with Crippen LogP contribution in [0.2, 0.25) is 10.0 Å². The number of nitrogens with zero attached hydrogens (tertiary/aromatic N) is 2. The average molecular weight is 527 g/mol. The molecule has 2 aromatic carbocycles. The number of halogens is 3. The number of benzene rings is 2. The number of carbonyl (C=O) groups is 1. The van der Waals surface area contributed by atoms with Crippen LogP contribution in [0, 0.1) is 5.82 Å². The number of hydrogen-bond acceptors (Lipinski definition) is 4. The first-order valence-electron chi connectivity index (χ1n) is 11.7. The van der Waals surface area contributed by atoms with Gasteiger partial charge in [-0.2, -0.15) is 0 Å². The summed E-state index contributed by atoms with van der Waals surface area (Å²) in [6.07, 6.45) is 2.31. The van der Waals surface area contributed by atoms with Gasteiger partial charge in [0.05, 0.1) is 5.02 Å². The minimum Gasteiger partial charge on any atom is -0.482 e. The first-order valence-corrected chi connectivity index (χ1v) is 12.5. The summed E-state index contributed by atoms with van der Waals surface area (Å²) in [7, 11) is 0. The predicted molar refractivity (Wildman–Crippen MR) is 141 cm³/mol. The minimum absolute atomic E-state index is 0.0871. The largest absolute Gasteiger partial charge is 0.482 e. The molecule has 3 N–H and O–H groups in total. The summed E-state index contributed by atoms with van der Waals surface area (Å²) in [5.74, 6) is 0.118. The van der Waals surface area contributed by atoms with Crippen molar-refractivity contribution in [3.05, 3.63) is 75.3 Å². The lowest BCUT2D eigenvalue weighted by Crippen LogP contribution is -2.35. The molecule has 0 radical (unpaired) electrons. The summed E-state index contributed by atoms with van der Waals surface area (Å²) in [5, 5.41) is 1.29. The van der Waals surface area contributed by atoms with E-state index in [1.165, 1.54) is 17.8 Å². The Labute approximate surface area is 218 Å². The topological polar surface area (TPSA) is 84.2 Å². The molecular formula is C27H25Cl2FN4O2. The minimum atomic E-state index is -0.665. The normalized spacial score (nSPS) is 14.1. The Kier molecular flexibility index (Phi) is 6.53. The molecule has 0 unspecified atom stereocenters. The summed E-state index contributed by atoms with van der Waals surface area (Å²) >= 11 is 12.4. The van der Waals surface area contributed by atoms with Gasteiger partial charge in [-0.3, -0.25) is 4.79 Å². The number of hydrogen-bond donors (Lipinski definition) is 2. The van der Waals surface area contributed by atoms with Crippen molar-refractivity contribution in [3.63, 3.8) is 0 Å². The van der Waals surface area contributed by atoms with E-state index >= 15 is 0 Å². The van der Waals surface area contributed by atoms with E-state index in [1.54, 1.807) is 19.2 Å². The number of fused-ring (bicyclic) bond motifs is 3. The maximum atomic E-state index is 14.0. The molecule has 9 heteroatoms. The van der Waals surface area contributed by atoms with E-state index in [2.05, 4.69) is 16.0 Å². The second-order valence-corrected chi connectivity index (χ2v) is 9.67. The van der Waals surface area contributed by atoms with Crippen LogP contribution in [0.5, 0.6) is 5.75 Å². The first-order chi connectivity index (χ1) is 17.3. The Morgan fingerprint density at radius 2 is 2.06 bits per heavy atom. The quantitative estimate of drug-likeness (QED) is 0.283. The van der Waals surface area contributed by atoms with Crippen LogP contribution in [0.3, 0.4) is 0 Å². The zero-order valence-corrected chi connectivity index (χ0v) is 21.4. The lowest BCUT2D eigenvalue weighted by molar-refractivity contribution is -0.131. The van der Waals surface area contributed by atoms with E-state index in [0.717, 1.165) is 40.6 Å². The molecule has 2 aromatic heterocycles. The van der Waals surface area contributed by atoms with Gasteiger partial charge in [-0.1, -0.05) is 36.2 Å². The third-order valence-electron chi connectivity index (χ3n) is 6.64. The van der Waals surface area contributed by atoms with Crippen molar-refractivity contribution < 1.29 is 13.9 Å². The molecule has 36 heavy (non-hydrogen) atoms. The van der Waals surface area contributed by atoms with Crippen molar-refractivity contribution in [3.8, 4) is 16.9 Å². The average Bonchev–Trinajstić information content (AvgIpc) is 3.24. The Hall–Kier alpha value is -3.29. The fourth-order valence-corrected chi connectivity index (χ4v) is 5.38. The molecule has 3 heterocycles. The number of nitrogen functional groups attached to an aromatic ring is 1. The van der Waals surface area contributed by atoms with E-state index in [1.807, 2.05) is 24.0 Å². The van der Waals surface area contributed by atoms with E-state index in [-0.39, 0.29) is 16.7 Å². The predicted octanol–water partition coefficient (Wildman–Crippen LogP) is 6.69. The number of anilines is 1. The molecule has 4 aromatic rings. The van der Waals surface area contributed by atoms with Crippen molar-refractivity contribution in [1.29, 1.82) is 0 Å². The highest BCUT2D eigenvalue weighted by Gasteiger charge is 2.24. The molecule has 0 aliphatic carbocycles. The monoisotopic (exact) mass is 526 g/mol. The Balaban J connectivity index is 1.48. The number of aromatic nitrogens is 2. The molecule has 1 aliphatic heterocycles. The van der Waals surface area contributed by atoms with Crippen molar-refractivity contribution in [1.82, 2.24) is 14.9 Å². The molecule has 1 aliphatic rings. The van der Waals surface area contributed by atoms with Gasteiger partial charge in [0.2, 0.25) is 5.91 Å². The Bertz CT molecular complexity index is 1490. The van der Waals surface area contributed by atoms with Gasteiger partial charge in [0, 0.05) is 70.4 Å². The van der Waals surface area contributed by atoms with E-state index in [0.29, 0.717) is 29.3 Å². The molecule has 0 saturated heterocycles. The van der Waals surface area contributed by atoms with Crippen LogP contribution in [-0.2, 0) is 17.8 Å². The van der Waals surface area contributed by atoms with Crippen molar-refractivity contribution in [2.75, 3.05) is 12.3 Å². The fraction of sp³-hybridized carbons (Fsp3) is 0.259. The third-order valence-corrected chi connectivity index (χ3v) is 7.35. The van der Waals surface area contributed by atoms with Crippen LogP contribution >= 0.6 is 23.2 Å². The molecule has 0 bridgehead atoms. The van der Waals surface area contributed by atoms with Crippen LogP contribution < -0.4 is 10.5 Å². The second-order valence-electron chi connectivity index (χ2n) is 8.89. The van der Waals surface area contributed by atoms with Crippen molar-refractivity contribution in [2.45, 2.75) is 39.3 Å². The summed E-state index contributed by atoms with van der Waals surface area (Å²) in [4.78, 5) is 22.0. The highest BCUT2D eigenvalue weighted by molar-refractivity contribution is 6.36. The van der Waals surface area contributed by atoms with E-state index in [4.69, 9.17) is 33.7 Å². The maximum Gasteiger partial charge on any atom is 0.222 e. The molecule has 6 nitrogen and oxygen atoms in total. The lowest BCUT2D eigenvalue weighted by atomic mass is 10.0. The van der Waals surface area contributed by atoms with Crippen molar-refractivity contribution in [2.24, 2.45) is 0 Å². The van der Waals surface area contributed by atoms with Gasteiger partial charge in [0.1, 0.15) is 11.9 Å². The molecule has 0 fully saturated rings. The number of nitrogens with two attached hydrogens (primary N) is 1. The number of aromatic amines is 1. The third kappa shape index (κ3) is 4.38. The Morgan fingerprint density at radius 1 is 1.25 bits per heavy atom. The highest BCUT2D eigenvalue weighted by atomic mass is 35.5. The standard InChI is InChI=1S/C27H25Cl2FN4O2/c1-3-24(35)34-9-8-22-18(13-34)17-10-15(4-7-21(17)33-22)16-11-23(27(31)32-12-16)36-14(2)25-19(28)5-6-20(30)26(25)29/h4-7,10-12,14,33H,3,8-9,13H2,1-2H3,(H2,31,32)/t14-/m1/s1. The van der Waals surface area contributed by atoms with Crippen LogP contribution in [0.4, 0.5) is 10.2 Å². The van der Waals surface area contributed by atoms with Gasteiger partial charge in [-0.25, -0.2) is 9.37 Å². The fourth-order valence-electron chi connectivity index (χ4n) is 4.70. The number of amides is 1. The molecule has 0 saturated carbocycles. The smallest absolute Gasteiger partial charge is 0.222 e. The number of rotatable bonds is 5. The van der Waals surface area contributed by atoms with E-state index in [9.17, 15) is 9.18 Å². The van der Waals surface area contributed by atoms with Gasteiger partial charge in [-0.05, 0) is 42.8 Å². The molecular weight excluding hydrogens is 502 g/mol. The number of nitrogens with one attached hydrogen (secondary N) is 1. The van der Waals surface area contributed by atoms with Gasteiger partial charge in [0.15, 0.2) is 11.6 Å². The summed E-state index contributed by atoms with van der Waals surface area (Å²) in [6, 6.07) is 10.6. The van der Waals surface area contributed by atoms with Crippen molar-refractivity contribution >= 4 is 45.8 Å².